The minimum Gasteiger partial charge on any atom is -0.310 e. The molecule has 10 aromatic rings. The zero-order valence-electron chi connectivity index (χ0n) is 39.0. The van der Waals surface area contributed by atoms with Crippen LogP contribution >= 0.6 is 0 Å². The van der Waals surface area contributed by atoms with Gasteiger partial charge in [0.2, 0.25) is 0 Å². The topological polar surface area (TPSA) is 3.24 Å². The molecule has 0 bridgehead atoms. The van der Waals surface area contributed by atoms with Crippen molar-refractivity contribution >= 4 is 17.1 Å². The van der Waals surface area contributed by atoms with Gasteiger partial charge in [0.15, 0.2) is 0 Å². The number of fused-ring (bicyclic) bond motifs is 9. The second kappa shape index (κ2) is 15.0. The first-order valence-electron chi connectivity index (χ1n) is 24.1. The molecule has 13 rings (SSSR count). The van der Waals surface area contributed by atoms with Gasteiger partial charge in [-0.15, -0.1) is 0 Å². The minimum absolute atomic E-state index is 0.137. The van der Waals surface area contributed by atoms with Gasteiger partial charge in [0.1, 0.15) is 0 Å². The predicted molar refractivity (Wildman–Crippen MR) is 284 cm³/mol. The van der Waals surface area contributed by atoms with Crippen LogP contribution in [0.3, 0.4) is 0 Å². The summed E-state index contributed by atoms with van der Waals surface area (Å²) >= 11 is 0. The van der Waals surface area contributed by atoms with Crippen LogP contribution in [0.15, 0.2) is 237 Å². The Labute approximate surface area is 400 Å². The van der Waals surface area contributed by atoms with E-state index in [4.69, 9.17) is 0 Å². The SMILES string of the molecule is CC1(C)c2ccccc2-c2ccc(N(c3ccc(-c4ccccc4)cc3)c3ccc4c(c3)-c3c(cc5c(c3-c3ccccc3)-c3ccccc3C5(c3ccccc3)c3ccccc3)C4(C)C)cc21. The van der Waals surface area contributed by atoms with Gasteiger partial charge in [0.25, 0.3) is 0 Å². The average Bonchev–Trinajstić information content (AvgIpc) is 3.91. The van der Waals surface area contributed by atoms with Crippen molar-refractivity contribution in [3.63, 3.8) is 0 Å². The highest BCUT2D eigenvalue weighted by molar-refractivity contribution is 6.06. The minimum atomic E-state index is -0.521. The normalized spacial score (nSPS) is 14.8. The van der Waals surface area contributed by atoms with E-state index < -0.39 is 5.41 Å². The first-order chi connectivity index (χ1) is 33.3. The van der Waals surface area contributed by atoms with Gasteiger partial charge in [-0.1, -0.05) is 228 Å². The summed E-state index contributed by atoms with van der Waals surface area (Å²) < 4.78 is 0. The molecule has 0 spiro atoms. The van der Waals surface area contributed by atoms with Crippen molar-refractivity contribution in [1.82, 2.24) is 0 Å². The molecule has 0 amide bonds. The quantitative estimate of drug-likeness (QED) is 0.154. The van der Waals surface area contributed by atoms with Gasteiger partial charge in [-0.05, 0) is 137 Å². The standard InChI is InChI=1S/C67H51N/c1-65(2)56-31-19-17-29-52(56)53-39-37-51(42-59(53)65)68(49-35-33-45(34-36-49)44-21-9-5-10-22-44)50-38-40-57-55(41-50)64-60(66(57,3)4)43-61-63(62(64)46-23-11-6-12-24-46)54-30-18-20-32-58(54)67(61,47-25-13-7-14-26-47)48-27-15-8-16-28-48/h5-43H,1-4H3. The number of nitrogens with zero attached hydrogens (tertiary/aromatic N) is 1. The number of benzene rings is 10. The maximum atomic E-state index is 2.61. The third-order valence-corrected chi connectivity index (χ3v) is 15.7. The van der Waals surface area contributed by atoms with Crippen molar-refractivity contribution in [1.29, 1.82) is 0 Å². The Morgan fingerprint density at radius 1 is 0.265 bits per heavy atom. The van der Waals surface area contributed by atoms with Gasteiger partial charge >= 0.3 is 0 Å². The molecular formula is C67H51N. The van der Waals surface area contributed by atoms with E-state index in [2.05, 4.69) is 269 Å². The summed E-state index contributed by atoms with van der Waals surface area (Å²) in [5.74, 6) is 0. The van der Waals surface area contributed by atoms with Crippen LogP contribution in [0.4, 0.5) is 17.1 Å². The summed E-state index contributed by atoms with van der Waals surface area (Å²) in [6.07, 6.45) is 0. The lowest BCUT2D eigenvalue weighted by atomic mass is 9.66. The highest BCUT2D eigenvalue weighted by Crippen LogP contribution is 2.64. The smallest absolute Gasteiger partial charge is 0.0713 e. The first kappa shape index (κ1) is 40.3. The third kappa shape index (κ3) is 5.69. The van der Waals surface area contributed by atoms with Crippen LogP contribution in [-0.4, -0.2) is 0 Å². The molecule has 3 aliphatic carbocycles. The number of anilines is 3. The largest absolute Gasteiger partial charge is 0.310 e. The van der Waals surface area contributed by atoms with Crippen LogP contribution < -0.4 is 4.90 Å². The molecule has 0 fully saturated rings. The Morgan fingerprint density at radius 3 is 1.38 bits per heavy atom. The molecule has 10 aromatic carbocycles. The fourth-order valence-corrected chi connectivity index (χ4v) is 12.5. The van der Waals surface area contributed by atoms with Crippen LogP contribution in [0.2, 0.25) is 0 Å². The second-order valence-electron chi connectivity index (χ2n) is 20.0. The predicted octanol–water partition coefficient (Wildman–Crippen LogP) is 17.5. The Morgan fingerprint density at radius 2 is 0.721 bits per heavy atom. The summed E-state index contributed by atoms with van der Waals surface area (Å²) in [7, 11) is 0. The third-order valence-electron chi connectivity index (χ3n) is 15.7. The molecule has 0 heterocycles. The molecule has 0 radical (unpaired) electrons. The van der Waals surface area contributed by atoms with E-state index in [0.717, 1.165) is 17.1 Å². The molecular weight excluding hydrogens is 819 g/mol. The van der Waals surface area contributed by atoms with Crippen LogP contribution in [-0.2, 0) is 16.2 Å². The molecule has 0 aromatic heterocycles. The van der Waals surface area contributed by atoms with E-state index in [1.807, 2.05) is 0 Å². The van der Waals surface area contributed by atoms with Crippen LogP contribution in [0, 0.1) is 0 Å². The maximum Gasteiger partial charge on any atom is 0.0713 e. The van der Waals surface area contributed by atoms with Gasteiger partial charge in [-0.3, -0.25) is 0 Å². The van der Waals surface area contributed by atoms with Crippen molar-refractivity contribution < 1.29 is 0 Å². The highest BCUT2D eigenvalue weighted by atomic mass is 15.1. The van der Waals surface area contributed by atoms with E-state index in [-0.39, 0.29) is 10.8 Å². The average molecular weight is 870 g/mol. The van der Waals surface area contributed by atoms with Gasteiger partial charge in [-0.2, -0.15) is 0 Å². The lowest BCUT2D eigenvalue weighted by Crippen LogP contribution is -2.29. The van der Waals surface area contributed by atoms with Gasteiger partial charge in [-0.25, -0.2) is 0 Å². The van der Waals surface area contributed by atoms with Crippen molar-refractivity contribution in [3.05, 3.63) is 281 Å². The molecule has 0 atom stereocenters. The van der Waals surface area contributed by atoms with Gasteiger partial charge in [0.05, 0.1) is 5.41 Å². The number of hydrogen-bond acceptors (Lipinski definition) is 1. The summed E-state index contributed by atoms with van der Waals surface area (Å²) in [5, 5.41) is 0. The molecule has 0 aliphatic heterocycles. The zero-order chi connectivity index (χ0) is 45.8. The Hall–Kier alpha value is -8.00. The Bertz CT molecular complexity index is 3540. The maximum absolute atomic E-state index is 2.61. The molecule has 0 unspecified atom stereocenters. The van der Waals surface area contributed by atoms with E-state index in [0.29, 0.717) is 0 Å². The number of rotatable bonds is 7. The number of hydrogen-bond donors (Lipinski definition) is 0. The van der Waals surface area contributed by atoms with E-state index in [1.165, 1.54) is 100 Å². The van der Waals surface area contributed by atoms with E-state index in [9.17, 15) is 0 Å². The Kier molecular flexibility index (Phi) is 8.89. The van der Waals surface area contributed by atoms with E-state index >= 15 is 0 Å². The fourth-order valence-electron chi connectivity index (χ4n) is 12.5. The lowest BCUT2D eigenvalue weighted by Gasteiger charge is -2.35. The molecule has 3 aliphatic rings. The second-order valence-corrected chi connectivity index (χ2v) is 20.0. The summed E-state index contributed by atoms with van der Waals surface area (Å²) in [6, 6.07) is 88.7. The zero-order valence-corrected chi connectivity index (χ0v) is 39.0. The Balaban J connectivity index is 1.08. The molecule has 1 nitrogen and oxygen atoms in total. The summed E-state index contributed by atoms with van der Waals surface area (Å²) in [4.78, 5) is 2.49. The van der Waals surface area contributed by atoms with Crippen molar-refractivity contribution in [3.8, 4) is 55.6 Å². The van der Waals surface area contributed by atoms with Crippen LogP contribution in [0.25, 0.3) is 55.6 Å². The van der Waals surface area contributed by atoms with Crippen molar-refractivity contribution in [2.45, 2.75) is 43.9 Å². The highest BCUT2D eigenvalue weighted by Gasteiger charge is 2.50. The molecule has 0 saturated carbocycles. The molecule has 68 heavy (non-hydrogen) atoms. The monoisotopic (exact) mass is 869 g/mol. The van der Waals surface area contributed by atoms with E-state index in [1.54, 1.807) is 0 Å². The van der Waals surface area contributed by atoms with Gasteiger partial charge < -0.3 is 4.90 Å². The lowest BCUT2D eigenvalue weighted by molar-refractivity contribution is 0.656. The molecule has 0 N–H and O–H groups in total. The van der Waals surface area contributed by atoms with Crippen molar-refractivity contribution in [2.24, 2.45) is 0 Å². The molecule has 1 heteroatoms. The van der Waals surface area contributed by atoms with Crippen LogP contribution in [0.1, 0.15) is 72.2 Å². The molecule has 324 valence electrons. The summed E-state index contributed by atoms with van der Waals surface area (Å²) in [5.41, 5.74) is 26.0. The van der Waals surface area contributed by atoms with Crippen LogP contribution in [0.5, 0.6) is 0 Å². The summed E-state index contributed by atoms with van der Waals surface area (Å²) in [6.45, 7) is 9.63. The van der Waals surface area contributed by atoms with Gasteiger partial charge in [0, 0.05) is 27.9 Å². The van der Waals surface area contributed by atoms with Crippen molar-refractivity contribution in [2.75, 3.05) is 4.90 Å². The first-order valence-corrected chi connectivity index (χ1v) is 24.1. The molecule has 0 saturated heterocycles. The fraction of sp³-hybridized carbons (Fsp3) is 0.104.